The van der Waals surface area contributed by atoms with E-state index in [1.54, 1.807) is 12.1 Å². The van der Waals surface area contributed by atoms with Crippen molar-refractivity contribution in [2.24, 2.45) is 17.8 Å². The maximum absolute atomic E-state index is 14.0. The Bertz CT molecular complexity index is 549. The van der Waals surface area contributed by atoms with Gasteiger partial charge in [0.15, 0.2) is 5.78 Å². The van der Waals surface area contributed by atoms with Crippen LogP contribution in [-0.2, 0) is 0 Å². The van der Waals surface area contributed by atoms with Gasteiger partial charge >= 0.3 is 0 Å². The summed E-state index contributed by atoms with van der Waals surface area (Å²) in [6.07, 6.45) is 10.6. The molecule has 2 aliphatic carbocycles. The predicted molar refractivity (Wildman–Crippen MR) is 92.2 cm³/mol. The number of carbonyl (C=O) groups is 1. The van der Waals surface area contributed by atoms with Gasteiger partial charge in [-0.2, -0.15) is 0 Å². The van der Waals surface area contributed by atoms with Crippen LogP contribution in [0.15, 0.2) is 18.2 Å². The minimum Gasteiger partial charge on any atom is -0.294 e. The second-order valence-electron chi connectivity index (χ2n) is 7.93. The molecule has 0 bridgehead atoms. The first-order chi connectivity index (χ1) is 11.0. The first kappa shape index (κ1) is 16.7. The minimum atomic E-state index is -0.349. The van der Waals surface area contributed by atoms with Gasteiger partial charge in [-0.1, -0.05) is 25.8 Å². The number of halogens is 1. The van der Waals surface area contributed by atoms with E-state index in [4.69, 9.17) is 0 Å². The van der Waals surface area contributed by atoms with Crippen molar-refractivity contribution in [2.75, 3.05) is 0 Å². The quantitative estimate of drug-likeness (QED) is 0.613. The number of rotatable bonds is 3. The molecule has 0 heterocycles. The Hall–Kier alpha value is -1.18. The molecule has 0 unspecified atom stereocenters. The summed E-state index contributed by atoms with van der Waals surface area (Å²) >= 11 is 0. The first-order valence-electron chi connectivity index (χ1n) is 9.35. The van der Waals surface area contributed by atoms with E-state index < -0.39 is 0 Å². The van der Waals surface area contributed by atoms with E-state index in [9.17, 15) is 9.18 Å². The zero-order chi connectivity index (χ0) is 16.4. The fraction of sp³-hybridized carbons (Fsp3) is 0.667. The molecule has 0 spiro atoms. The molecule has 0 aliphatic heterocycles. The smallest absolute Gasteiger partial charge is 0.162 e. The van der Waals surface area contributed by atoms with Gasteiger partial charge in [0, 0.05) is 0 Å². The molecule has 1 aromatic carbocycles. The van der Waals surface area contributed by atoms with Gasteiger partial charge in [0.1, 0.15) is 5.82 Å². The van der Waals surface area contributed by atoms with E-state index in [0.717, 1.165) is 23.3 Å². The molecular formula is C21H29FO. The number of ketones is 1. The van der Waals surface area contributed by atoms with Crippen molar-refractivity contribution >= 4 is 5.78 Å². The van der Waals surface area contributed by atoms with Crippen LogP contribution in [0.1, 0.15) is 87.1 Å². The van der Waals surface area contributed by atoms with Gasteiger partial charge in [-0.15, -0.1) is 0 Å². The largest absolute Gasteiger partial charge is 0.294 e. The number of benzene rings is 1. The van der Waals surface area contributed by atoms with Crippen LogP contribution in [0.5, 0.6) is 0 Å². The zero-order valence-corrected chi connectivity index (χ0v) is 14.5. The summed E-state index contributed by atoms with van der Waals surface area (Å²) < 4.78 is 14.0. The number of carbonyl (C=O) groups excluding carboxylic acids is 1. The van der Waals surface area contributed by atoms with Gasteiger partial charge in [0.25, 0.3) is 0 Å². The van der Waals surface area contributed by atoms with E-state index in [1.165, 1.54) is 58.3 Å². The molecule has 2 aliphatic rings. The van der Waals surface area contributed by atoms with Crippen LogP contribution in [0, 0.1) is 23.6 Å². The van der Waals surface area contributed by atoms with Crippen molar-refractivity contribution < 1.29 is 9.18 Å². The van der Waals surface area contributed by atoms with Crippen molar-refractivity contribution in [3.8, 4) is 0 Å². The lowest BCUT2D eigenvalue weighted by molar-refractivity contribution is 0.101. The summed E-state index contributed by atoms with van der Waals surface area (Å²) in [5.41, 5.74) is 1.31. The maximum atomic E-state index is 14.0. The topological polar surface area (TPSA) is 17.1 Å². The zero-order valence-electron chi connectivity index (χ0n) is 14.5. The van der Waals surface area contributed by atoms with E-state index in [2.05, 4.69) is 6.92 Å². The van der Waals surface area contributed by atoms with Crippen LogP contribution in [0.3, 0.4) is 0 Å². The molecule has 0 amide bonds. The second kappa shape index (κ2) is 7.15. The average molecular weight is 316 g/mol. The molecule has 0 radical (unpaired) electrons. The van der Waals surface area contributed by atoms with Crippen LogP contribution >= 0.6 is 0 Å². The molecule has 3 rings (SSSR count). The van der Waals surface area contributed by atoms with Gasteiger partial charge in [-0.05, 0) is 86.8 Å². The monoisotopic (exact) mass is 316 g/mol. The molecule has 0 saturated heterocycles. The van der Waals surface area contributed by atoms with Gasteiger partial charge in [-0.3, -0.25) is 4.79 Å². The molecule has 2 saturated carbocycles. The summed E-state index contributed by atoms with van der Waals surface area (Å²) in [7, 11) is 0. The van der Waals surface area contributed by atoms with E-state index in [0.29, 0.717) is 5.92 Å². The van der Waals surface area contributed by atoms with E-state index in [1.807, 2.05) is 6.07 Å². The van der Waals surface area contributed by atoms with Crippen LogP contribution in [0.2, 0.25) is 0 Å². The Labute approximate surface area is 139 Å². The minimum absolute atomic E-state index is 0.190. The SMILES string of the molecule is CC(=O)c1ccc(C2CCC(C3CCC(C)CC3)CC2)cc1F. The van der Waals surface area contributed by atoms with Crippen molar-refractivity contribution in [1.82, 2.24) is 0 Å². The third-order valence-corrected chi connectivity index (χ3v) is 6.34. The van der Waals surface area contributed by atoms with Crippen LogP contribution < -0.4 is 0 Å². The van der Waals surface area contributed by atoms with Crippen LogP contribution in [0.4, 0.5) is 4.39 Å². The van der Waals surface area contributed by atoms with Crippen molar-refractivity contribution in [3.63, 3.8) is 0 Å². The lowest BCUT2D eigenvalue weighted by atomic mass is 9.68. The van der Waals surface area contributed by atoms with Crippen molar-refractivity contribution in [1.29, 1.82) is 0 Å². The lowest BCUT2D eigenvalue weighted by Gasteiger charge is -2.37. The Morgan fingerprint density at radius 3 is 2.04 bits per heavy atom. The predicted octanol–water partition coefficient (Wildman–Crippen LogP) is 6.13. The molecule has 1 nitrogen and oxygen atoms in total. The Balaban J connectivity index is 1.58. The number of Topliss-reactive ketones (excluding diaryl/α,β-unsaturated/α-hetero) is 1. The third-order valence-electron chi connectivity index (χ3n) is 6.34. The number of hydrogen-bond donors (Lipinski definition) is 0. The molecule has 2 fully saturated rings. The summed E-state index contributed by atoms with van der Waals surface area (Å²) in [5.74, 6) is 2.68. The number of hydrogen-bond acceptors (Lipinski definition) is 1. The molecule has 0 atom stereocenters. The summed E-state index contributed by atoms with van der Waals surface area (Å²) in [5, 5.41) is 0. The Kier molecular flexibility index (Phi) is 5.18. The second-order valence-corrected chi connectivity index (χ2v) is 7.93. The summed E-state index contributed by atoms with van der Waals surface area (Å²) in [6.45, 7) is 3.81. The van der Waals surface area contributed by atoms with Gasteiger partial charge in [0.2, 0.25) is 0 Å². The normalized spacial score (nSPS) is 31.8. The average Bonchev–Trinajstić information content (AvgIpc) is 2.55. The molecule has 23 heavy (non-hydrogen) atoms. The highest BCUT2D eigenvalue weighted by molar-refractivity contribution is 5.94. The molecule has 2 heteroatoms. The van der Waals surface area contributed by atoms with Gasteiger partial charge in [0.05, 0.1) is 5.56 Å². The molecule has 0 N–H and O–H groups in total. The summed E-state index contributed by atoms with van der Waals surface area (Å²) in [4.78, 5) is 11.4. The molecule has 1 aromatic rings. The first-order valence-corrected chi connectivity index (χ1v) is 9.35. The summed E-state index contributed by atoms with van der Waals surface area (Å²) in [6, 6.07) is 5.23. The Morgan fingerprint density at radius 2 is 1.52 bits per heavy atom. The fourth-order valence-electron chi connectivity index (χ4n) is 4.75. The van der Waals surface area contributed by atoms with Gasteiger partial charge in [-0.25, -0.2) is 4.39 Å². The van der Waals surface area contributed by atoms with E-state index >= 15 is 0 Å². The molecule has 0 aromatic heterocycles. The highest BCUT2D eigenvalue weighted by Gasteiger charge is 2.30. The van der Waals surface area contributed by atoms with Crippen LogP contribution in [0.25, 0.3) is 0 Å². The molecule has 126 valence electrons. The van der Waals surface area contributed by atoms with Crippen molar-refractivity contribution in [3.05, 3.63) is 35.1 Å². The standard InChI is InChI=1S/C21H29FO/c1-14-3-5-16(6-4-14)17-7-9-18(10-8-17)19-11-12-20(15(2)23)21(22)13-19/h11-14,16-18H,3-10H2,1-2H3. The Morgan fingerprint density at radius 1 is 0.957 bits per heavy atom. The van der Waals surface area contributed by atoms with Crippen LogP contribution in [-0.4, -0.2) is 5.78 Å². The van der Waals surface area contributed by atoms with Crippen molar-refractivity contribution in [2.45, 2.75) is 71.1 Å². The highest BCUT2D eigenvalue weighted by Crippen LogP contribution is 2.43. The van der Waals surface area contributed by atoms with E-state index in [-0.39, 0.29) is 17.2 Å². The highest BCUT2D eigenvalue weighted by atomic mass is 19.1. The third kappa shape index (κ3) is 3.84. The lowest BCUT2D eigenvalue weighted by Crippen LogP contribution is -2.24. The van der Waals surface area contributed by atoms with Gasteiger partial charge < -0.3 is 0 Å². The maximum Gasteiger partial charge on any atom is 0.162 e. The molecular weight excluding hydrogens is 287 g/mol. The fourth-order valence-corrected chi connectivity index (χ4v) is 4.75.